The normalized spacial score (nSPS) is 12.5. The van der Waals surface area contributed by atoms with Crippen LogP contribution in [0.15, 0.2) is 35.1 Å². The predicted octanol–water partition coefficient (Wildman–Crippen LogP) is 5.64. The van der Waals surface area contributed by atoms with Crippen LogP contribution in [0.4, 0.5) is 0 Å². The van der Waals surface area contributed by atoms with Crippen LogP contribution in [0.25, 0.3) is 5.69 Å². The van der Waals surface area contributed by atoms with E-state index in [0.29, 0.717) is 13.2 Å². The van der Waals surface area contributed by atoms with Crippen LogP contribution >= 0.6 is 38.5 Å². The summed E-state index contributed by atoms with van der Waals surface area (Å²) in [4.78, 5) is 0. The van der Waals surface area contributed by atoms with Gasteiger partial charge in [0.25, 0.3) is 0 Å². The van der Waals surface area contributed by atoms with E-state index in [1.54, 1.807) is 6.20 Å². The summed E-state index contributed by atoms with van der Waals surface area (Å²) >= 11 is 5.88. The van der Waals surface area contributed by atoms with Crippen molar-refractivity contribution in [2.75, 3.05) is 13.2 Å². The molecule has 0 radical (unpaired) electrons. The van der Waals surface area contributed by atoms with Crippen molar-refractivity contribution in [1.82, 2.24) is 9.78 Å². The van der Waals surface area contributed by atoms with Crippen LogP contribution in [0.3, 0.4) is 0 Å². The van der Waals surface area contributed by atoms with Gasteiger partial charge in [0.15, 0.2) is 8.32 Å². The summed E-state index contributed by atoms with van der Waals surface area (Å²) in [5, 5.41) is 4.51. The molecule has 1 aromatic heterocycles. The third kappa shape index (κ3) is 4.83. The summed E-state index contributed by atoms with van der Waals surface area (Å²) in [6.07, 6.45) is 3.70. The van der Waals surface area contributed by atoms with Crippen molar-refractivity contribution in [2.45, 2.75) is 38.9 Å². The Morgan fingerprint density at radius 2 is 1.96 bits per heavy atom. The lowest BCUT2D eigenvalue weighted by molar-refractivity contribution is 0.203. The van der Waals surface area contributed by atoms with Gasteiger partial charge in [-0.05, 0) is 68.8 Å². The van der Waals surface area contributed by atoms with Crippen molar-refractivity contribution in [3.05, 3.63) is 38.6 Å². The molecule has 1 heterocycles. The zero-order chi connectivity index (χ0) is 18.0. The van der Waals surface area contributed by atoms with E-state index >= 15 is 0 Å². The van der Waals surface area contributed by atoms with Crippen molar-refractivity contribution < 1.29 is 9.16 Å². The van der Waals surface area contributed by atoms with E-state index in [-0.39, 0.29) is 5.04 Å². The van der Waals surface area contributed by atoms with E-state index in [1.807, 2.05) is 29.1 Å². The minimum atomic E-state index is -1.73. The molecular formula is C17H24BrIN2O2Si. The quantitative estimate of drug-likeness (QED) is 0.280. The van der Waals surface area contributed by atoms with Gasteiger partial charge < -0.3 is 9.16 Å². The summed E-state index contributed by atoms with van der Waals surface area (Å²) in [7, 11) is -1.73. The predicted molar refractivity (Wildman–Crippen MR) is 113 cm³/mol. The molecule has 24 heavy (non-hydrogen) atoms. The monoisotopic (exact) mass is 522 g/mol. The second-order valence-electron chi connectivity index (χ2n) is 7.14. The molecule has 0 aliphatic heterocycles. The molecule has 0 fully saturated rings. The molecular weight excluding hydrogens is 499 g/mol. The molecule has 0 saturated carbocycles. The minimum Gasteiger partial charge on any atom is -0.490 e. The number of aromatic nitrogens is 2. The van der Waals surface area contributed by atoms with Gasteiger partial charge in [-0.25, -0.2) is 4.68 Å². The molecule has 4 nitrogen and oxygen atoms in total. The number of ether oxygens (including phenoxy) is 1. The first kappa shape index (κ1) is 19.9. The molecule has 0 atom stereocenters. The van der Waals surface area contributed by atoms with Crippen molar-refractivity contribution in [3.63, 3.8) is 0 Å². The second-order valence-corrected chi connectivity index (χ2v) is 14.0. The fourth-order valence-electron chi connectivity index (χ4n) is 1.88. The van der Waals surface area contributed by atoms with Crippen LogP contribution in [0.1, 0.15) is 20.8 Å². The molecule has 0 saturated heterocycles. The van der Waals surface area contributed by atoms with E-state index in [2.05, 4.69) is 77.5 Å². The molecule has 132 valence electrons. The Morgan fingerprint density at radius 3 is 2.54 bits per heavy atom. The van der Waals surface area contributed by atoms with Crippen LogP contribution in [-0.4, -0.2) is 31.3 Å². The molecule has 1 aromatic carbocycles. The van der Waals surface area contributed by atoms with Gasteiger partial charge >= 0.3 is 0 Å². The highest BCUT2D eigenvalue weighted by Crippen LogP contribution is 2.36. The number of nitrogens with zero attached hydrogens (tertiary/aromatic N) is 2. The Kier molecular flexibility index (Phi) is 6.55. The highest BCUT2D eigenvalue weighted by Gasteiger charge is 2.36. The van der Waals surface area contributed by atoms with Crippen molar-refractivity contribution in [2.24, 2.45) is 0 Å². The third-order valence-electron chi connectivity index (χ3n) is 4.36. The Hall–Kier alpha value is -0.383. The van der Waals surface area contributed by atoms with Crippen LogP contribution in [0.5, 0.6) is 5.75 Å². The zero-order valence-corrected chi connectivity index (χ0v) is 19.5. The Bertz CT molecular complexity index is 685. The van der Waals surface area contributed by atoms with E-state index in [0.717, 1.165) is 19.5 Å². The SMILES string of the molecule is CC(C)(C)[Si](C)(C)OCCOc1cc(-n2cccn2)c(I)cc1Br. The average molecular weight is 523 g/mol. The summed E-state index contributed by atoms with van der Waals surface area (Å²) in [6.45, 7) is 12.4. The van der Waals surface area contributed by atoms with Gasteiger partial charge in [-0.15, -0.1) is 0 Å². The molecule has 0 bridgehead atoms. The van der Waals surface area contributed by atoms with Crippen molar-refractivity contribution >= 4 is 46.8 Å². The first-order valence-corrected chi connectivity index (χ1v) is 12.7. The fraction of sp³-hybridized carbons (Fsp3) is 0.471. The van der Waals surface area contributed by atoms with Crippen LogP contribution < -0.4 is 4.74 Å². The van der Waals surface area contributed by atoms with Crippen LogP contribution in [0.2, 0.25) is 18.1 Å². The highest BCUT2D eigenvalue weighted by molar-refractivity contribution is 14.1. The first-order chi connectivity index (χ1) is 11.1. The fourth-order valence-corrected chi connectivity index (χ4v) is 4.51. The standard InChI is InChI=1S/C17H24BrIN2O2Si/c1-17(2,3)24(4,5)23-10-9-22-16-12-15(14(19)11-13(16)18)21-8-6-7-20-21/h6-8,11-12H,9-10H2,1-5H3. The average Bonchev–Trinajstić information content (AvgIpc) is 2.98. The molecule has 0 aliphatic carbocycles. The molecule has 7 heteroatoms. The van der Waals surface area contributed by atoms with E-state index in [4.69, 9.17) is 9.16 Å². The Labute approximate surface area is 167 Å². The Morgan fingerprint density at radius 1 is 1.25 bits per heavy atom. The van der Waals surface area contributed by atoms with E-state index in [9.17, 15) is 0 Å². The molecule has 2 rings (SSSR count). The maximum absolute atomic E-state index is 6.16. The summed E-state index contributed by atoms with van der Waals surface area (Å²) in [6, 6.07) is 5.96. The van der Waals surface area contributed by atoms with Crippen LogP contribution in [0, 0.1) is 3.57 Å². The van der Waals surface area contributed by atoms with Gasteiger partial charge in [0, 0.05) is 22.0 Å². The lowest BCUT2D eigenvalue weighted by atomic mass is 10.2. The van der Waals surface area contributed by atoms with Gasteiger partial charge in [0.05, 0.1) is 16.8 Å². The topological polar surface area (TPSA) is 36.3 Å². The van der Waals surface area contributed by atoms with Gasteiger partial charge in [-0.1, -0.05) is 20.8 Å². The minimum absolute atomic E-state index is 0.212. The molecule has 0 spiro atoms. The number of hydrogen-bond acceptors (Lipinski definition) is 3. The zero-order valence-electron chi connectivity index (χ0n) is 14.8. The largest absolute Gasteiger partial charge is 0.490 e. The summed E-state index contributed by atoms with van der Waals surface area (Å²) < 4.78 is 16.0. The molecule has 0 aliphatic rings. The van der Waals surface area contributed by atoms with E-state index < -0.39 is 8.32 Å². The second kappa shape index (κ2) is 7.88. The maximum atomic E-state index is 6.16. The smallest absolute Gasteiger partial charge is 0.192 e. The molecule has 2 aromatic rings. The number of rotatable bonds is 6. The molecule has 0 N–H and O–H groups in total. The highest BCUT2D eigenvalue weighted by atomic mass is 127. The molecule has 0 amide bonds. The number of halogens is 2. The van der Waals surface area contributed by atoms with E-state index in [1.165, 1.54) is 0 Å². The number of benzene rings is 1. The molecule has 0 unspecified atom stereocenters. The van der Waals surface area contributed by atoms with Gasteiger partial charge in [-0.2, -0.15) is 5.10 Å². The Balaban J connectivity index is 2.02. The van der Waals surface area contributed by atoms with Crippen molar-refractivity contribution in [3.8, 4) is 11.4 Å². The summed E-state index contributed by atoms with van der Waals surface area (Å²) in [5.74, 6) is 0.805. The van der Waals surface area contributed by atoms with Crippen molar-refractivity contribution in [1.29, 1.82) is 0 Å². The van der Waals surface area contributed by atoms with Crippen LogP contribution in [-0.2, 0) is 4.43 Å². The van der Waals surface area contributed by atoms with Gasteiger partial charge in [0.1, 0.15) is 12.4 Å². The van der Waals surface area contributed by atoms with Gasteiger partial charge in [-0.3, -0.25) is 0 Å². The summed E-state index contributed by atoms with van der Waals surface area (Å²) in [5.41, 5.74) is 1.00. The lowest BCUT2D eigenvalue weighted by Crippen LogP contribution is -2.41. The number of hydrogen-bond donors (Lipinski definition) is 0. The lowest BCUT2D eigenvalue weighted by Gasteiger charge is -2.36. The first-order valence-electron chi connectivity index (χ1n) is 7.87. The maximum Gasteiger partial charge on any atom is 0.192 e. The van der Waals surface area contributed by atoms with Gasteiger partial charge in [0.2, 0.25) is 0 Å². The third-order valence-corrected chi connectivity index (χ3v) is 10.4.